The molecule has 1 saturated heterocycles. The van der Waals surface area contributed by atoms with Crippen molar-refractivity contribution in [2.24, 2.45) is 0 Å². The molecule has 1 aliphatic rings. The zero-order valence-electron chi connectivity index (χ0n) is 17.7. The highest BCUT2D eigenvalue weighted by Crippen LogP contribution is 2.28. The van der Waals surface area contributed by atoms with E-state index in [0.29, 0.717) is 17.8 Å². The third kappa shape index (κ3) is 4.04. The summed E-state index contributed by atoms with van der Waals surface area (Å²) in [5.41, 5.74) is 2.65. The molecule has 4 aromatic rings. The van der Waals surface area contributed by atoms with E-state index in [1.165, 1.54) is 18.2 Å². The number of halogens is 2. The van der Waals surface area contributed by atoms with Crippen LogP contribution in [0.3, 0.4) is 0 Å². The number of fused-ring (bicyclic) bond motifs is 1. The lowest BCUT2D eigenvalue weighted by atomic mass is 10.1. The van der Waals surface area contributed by atoms with Crippen LogP contribution in [0.2, 0.25) is 0 Å². The van der Waals surface area contributed by atoms with Gasteiger partial charge in [-0.1, -0.05) is 46.3 Å². The molecule has 1 aromatic heterocycles. The van der Waals surface area contributed by atoms with Gasteiger partial charge in [0.2, 0.25) is 0 Å². The SMILES string of the molecule is O=C1NC(=O)N(c2ccc(Br)cc2)C(=O)/C1=C/c1cn(Cc2ccc(F)cc2)c2ccccc12. The molecule has 5 rings (SSSR count). The highest BCUT2D eigenvalue weighted by Gasteiger charge is 2.37. The minimum atomic E-state index is -0.798. The molecule has 3 aromatic carbocycles. The number of anilines is 1. The summed E-state index contributed by atoms with van der Waals surface area (Å²) in [6.45, 7) is 0.480. The van der Waals surface area contributed by atoms with Gasteiger partial charge in [0.05, 0.1) is 5.69 Å². The lowest BCUT2D eigenvalue weighted by Gasteiger charge is -2.26. The zero-order chi connectivity index (χ0) is 23.8. The van der Waals surface area contributed by atoms with Gasteiger partial charge in [-0.25, -0.2) is 14.1 Å². The molecule has 0 bridgehead atoms. The summed E-state index contributed by atoms with van der Waals surface area (Å²) in [7, 11) is 0. The van der Waals surface area contributed by atoms with Crippen molar-refractivity contribution in [3.05, 3.63) is 106 Å². The highest BCUT2D eigenvalue weighted by atomic mass is 79.9. The Morgan fingerprint density at radius 3 is 2.35 bits per heavy atom. The number of urea groups is 1. The largest absolute Gasteiger partial charge is 0.342 e. The normalized spacial score (nSPS) is 15.3. The van der Waals surface area contributed by atoms with Gasteiger partial charge >= 0.3 is 6.03 Å². The Hall–Kier alpha value is -4.04. The number of benzene rings is 3. The molecule has 4 amide bonds. The molecule has 0 radical (unpaired) electrons. The number of barbiturate groups is 1. The summed E-state index contributed by atoms with van der Waals surface area (Å²) < 4.78 is 16.1. The molecule has 0 spiro atoms. The van der Waals surface area contributed by atoms with Crippen LogP contribution in [-0.4, -0.2) is 22.4 Å². The first-order chi connectivity index (χ1) is 16.4. The molecule has 0 aliphatic carbocycles. The number of hydrogen-bond acceptors (Lipinski definition) is 3. The van der Waals surface area contributed by atoms with Crippen molar-refractivity contribution in [3.8, 4) is 0 Å². The van der Waals surface area contributed by atoms with E-state index in [2.05, 4.69) is 21.2 Å². The summed E-state index contributed by atoms with van der Waals surface area (Å²) in [4.78, 5) is 39.2. The predicted octanol–water partition coefficient (Wildman–Crippen LogP) is 5.26. The molecule has 1 aliphatic heterocycles. The monoisotopic (exact) mass is 517 g/mol. The van der Waals surface area contributed by atoms with Gasteiger partial charge in [0.1, 0.15) is 11.4 Å². The van der Waals surface area contributed by atoms with Gasteiger partial charge in [0.15, 0.2) is 0 Å². The van der Waals surface area contributed by atoms with Crippen LogP contribution in [-0.2, 0) is 16.1 Å². The Kier molecular flexibility index (Phi) is 5.59. The number of nitrogens with zero attached hydrogens (tertiary/aromatic N) is 2. The van der Waals surface area contributed by atoms with Crippen LogP contribution in [0, 0.1) is 5.82 Å². The first-order valence-corrected chi connectivity index (χ1v) is 11.2. The summed E-state index contributed by atoms with van der Waals surface area (Å²) >= 11 is 3.33. The Balaban J connectivity index is 1.56. The van der Waals surface area contributed by atoms with Crippen molar-refractivity contribution in [2.45, 2.75) is 6.54 Å². The summed E-state index contributed by atoms with van der Waals surface area (Å²) in [6, 6.07) is 19.7. The molecule has 6 nitrogen and oxygen atoms in total. The fourth-order valence-corrected chi connectivity index (χ4v) is 4.21. The van der Waals surface area contributed by atoms with Crippen molar-refractivity contribution in [1.29, 1.82) is 0 Å². The van der Waals surface area contributed by atoms with E-state index >= 15 is 0 Å². The number of para-hydroxylation sites is 1. The fourth-order valence-electron chi connectivity index (χ4n) is 3.95. The van der Waals surface area contributed by atoms with Crippen LogP contribution in [0.4, 0.5) is 14.9 Å². The van der Waals surface area contributed by atoms with E-state index in [1.54, 1.807) is 36.4 Å². The molecule has 0 saturated carbocycles. The first kappa shape index (κ1) is 21.8. The molecular formula is C26H17BrFN3O3. The van der Waals surface area contributed by atoms with Crippen LogP contribution in [0.5, 0.6) is 0 Å². The molecule has 8 heteroatoms. The van der Waals surface area contributed by atoms with Crippen molar-refractivity contribution in [1.82, 2.24) is 9.88 Å². The summed E-state index contributed by atoms with van der Waals surface area (Å²) in [5, 5.41) is 3.09. The highest BCUT2D eigenvalue weighted by molar-refractivity contribution is 9.10. The molecule has 34 heavy (non-hydrogen) atoms. The maximum atomic E-state index is 13.3. The van der Waals surface area contributed by atoms with Crippen LogP contribution >= 0.6 is 15.9 Å². The predicted molar refractivity (Wildman–Crippen MR) is 131 cm³/mol. The quantitative estimate of drug-likeness (QED) is 0.296. The molecule has 168 valence electrons. The van der Waals surface area contributed by atoms with Gasteiger partial charge in [-0.15, -0.1) is 0 Å². The third-order valence-corrected chi connectivity index (χ3v) is 6.10. The van der Waals surface area contributed by atoms with Crippen LogP contribution in [0.25, 0.3) is 17.0 Å². The summed E-state index contributed by atoms with van der Waals surface area (Å²) in [6.07, 6.45) is 3.33. The average Bonchev–Trinajstić information content (AvgIpc) is 3.16. The van der Waals surface area contributed by atoms with E-state index in [-0.39, 0.29) is 11.4 Å². The number of rotatable bonds is 4. The van der Waals surface area contributed by atoms with Crippen LogP contribution in [0.1, 0.15) is 11.1 Å². The van der Waals surface area contributed by atoms with E-state index in [4.69, 9.17) is 0 Å². The molecule has 1 N–H and O–H groups in total. The lowest BCUT2D eigenvalue weighted by Crippen LogP contribution is -2.54. The number of carbonyl (C=O) groups excluding carboxylic acids is 3. The van der Waals surface area contributed by atoms with Crippen molar-refractivity contribution < 1.29 is 18.8 Å². The second kappa shape index (κ2) is 8.72. The van der Waals surface area contributed by atoms with Gasteiger partial charge < -0.3 is 4.57 Å². The first-order valence-electron chi connectivity index (χ1n) is 10.4. The Morgan fingerprint density at radius 2 is 1.62 bits per heavy atom. The summed E-state index contributed by atoms with van der Waals surface area (Å²) in [5.74, 6) is -1.76. The van der Waals surface area contributed by atoms with Gasteiger partial charge in [-0.05, 0) is 54.1 Å². The van der Waals surface area contributed by atoms with E-state index < -0.39 is 17.8 Å². The van der Waals surface area contributed by atoms with Gasteiger partial charge in [0.25, 0.3) is 11.8 Å². The van der Waals surface area contributed by atoms with E-state index in [0.717, 1.165) is 25.8 Å². The number of nitrogens with one attached hydrogen (secondary N) is 1. The Bertz CT molecular complexity index is 1470. The van der Waals surface area contributed by atoms with Gasteiger partial charge in [-0.2, -0.15) is 0 Å². The van der Waals surface area contributed by atoms with Crippen LogP contribution in [0.15, 0.2) is 89.0 Å². The minimum absolute atomic E-state index is 0.146. The smallest absolute Gasteiger partial charge is 0.335 e. The zero-order valence-corrected chi connectivity index (χ0v) is 19.3. The molecule has 1 fully saturated rings. The molecular weight excluding hydrogens is 501 g/mol. The van der Waals surface area contributed by atoms with Crippen molar-refractivity contribution >= 4 is 56.4 Å². The number of imide groups is 2. The topological polar surface area (TPSA) is 71.4 Å². The van der Waals surface area contributed by atoms with E-state index in [1.807, 2.05) is 35.0 Å². The second-order valence-electron chi connectivity index (χ2n) is 7.79. The Labute approximate surface area is 202 Å². The van der Waals surface area contributed by atoms with Gasteiger partial charge in [0, 0.05) is 33.7 Å². The standard InChI is InChI=1S/C26H17BrFN3O3/c27-18-7-11-20(12-8-18)31-25(33)22(24(32)29-26(31)34)13-17-15-30(23-4-2-1-3-21(17)23)14-16-5-9-19(28)10-6-16/h1-13,15H,14H2,(H,29,32,34)/b22-13+. The molecule has 0 atom stereocenters. The third-order valence-electron chi connectivity index (χ3n) is 5.57. The maximum absolute atomic E-state index is 13.3. The maximum Gasteiger partial charge on any atom is 0.335 e. The Morgan fingerprint density at radius 1 is 0.912 bits per heavy atom. The van der Waals surface area contributed by atoms with Crippen LogP contribution < -0.4 is 10.2 Å². The second-order valence-corrected chi connectivity index (χ2v) is 8.71. The van der Waals surface area contributed by atoms with E-state index in [9.17, 15) is 18.8 Å². The fraction of sp³-hybridized carbons (Fsp3) is 0.0385. The van der Waals surface area contributed by atoms with Crippen molar-refractivity contribution in [3.63, 3.8) is 0 Å². The molecule has 0 unspecified atom stereocenters. The number of amides is 4. The average molecular weight is 518 g/mol. The molecule has 2 heterocycles. The van der Waals surface area contributed by atoms with Gasteiger partial charge in [-0.3, -0.25) is 14.9 Å². The van der Waals surface area contributed by atoms with Crippen molar-refractivity contribution in [2.75, 3.05) is 4.90 Å². The number of carbonyl (C=O) groups is 3. The number of aromatic nitrogens is 1. The minimum Gasteiger partial charge on any atom is -0.342 e. The lowest BCUT2D eigenvalue weighted by molar-refractivity contribution is -0.122. The number of hydrogen-bond donors (Lipinski definition) is 1.